The Morgan fingerprint density at radius 2 is 1.80 bits per heavy atom. The van der Waals surface area contributed by atoms with Crippen LogP contribution in [0, 0.1) is 0 Å². The van der Waals surface area contributed by atoms with E-state index in [0.29, 0.717) is 10.7 Å². The van der Waals surface area contributed by atoms with Gasteiger partial charge in [-0.15, -0.1) is 0 Å². The van der Waals surface area contributed by atoms with Crippen LogP contribution < -0.4 is 5.32 Å². The molecule has 0 unspecified atom stereocenters. The molecule has 20 heavy (non-hydrogen) atoms. The number of carboxylic acids is 1. The number of nitrogens with one attached hydrogen (secondary N) is 1. The van der Waals surface area contributed by atoms with Gasteiger partial charge in [0.2, 0.25) is 0 Å². The van der Waals surface area contributed by atoms with Crippen molar-refractivity contribution < 1.29 is 9.90 Å². The van der Waals surface area contributed by atoms with Crippen molar-refractivity contribution in [3.63, 3.8) is 0 Å². The van der Waals surface area contributed by atoms with E-state index in [-0.39, 0.29) is 11.6 Å². The number of hydrogen-bond acceptors (Lipinski definition) is 2. The monoisotopic (exact) mass is 287 g/mol. The van der Waals surface area contributed by atoms with Crippen molar-refractivity contribution in [2.24, 2.45) is 0 Å². The molecule has 1 aliphatic rings. The molecule has 102 valence electrons. The van der Waals surface area contributed by atoms with Gasteiger partial charge in [-0.25, -0.2) is 4.79 Å². The summed E-state index contributed by atoms with van der Waals surface area (Å²) in [6.45, 7) is 0. The highest BCUT2D eigenvalue weighted by atomic mass is 35.5. The second kappa shape index (κ2) is 5.17. The Labute approximate surface area is 122 Å². The molecule has 0 atom stereocenters. The molecule has 0 aromatic heterocycles. The third-order valence-corrected chi connectivity index (χ3v) is 3.86. The topological polar surface area (TPSA) is 49.3 Å². The summed E-state index contributed by atoms with van der Waals surface area (Å²) in [6.07, 6.45) is 1.81. The molecule has 1 aliphatic carbocycles. The molecule has 2 N–H and O–H groups in total. The molecule has 0 saturated heterocycles. The van der Waals surface area contributed by atoms with Gasteiger partial charge in [0, 0.05) is 11.1 Å². The normalized spacial score (nSPS) is 14.1. The van der Waals surface area contributed by atoms with Crippen LogP contribution in [-0.2, 0) is 12.8 Å². The van der Waals surface area contributed by atoms with Gasteiger partial charge in [0.1, 0.15) is 0 Å². The van der Waals surface area contributed by atoms with E-state index in [0.717, 1.165) is 12.8 Å². The van der Waals surface area contributed by atoms with Crippen molar-refractivity contribution in [3.05, 3.63) is 64.2 Å². The predicted octanol–water partition coefficient (Wildman–Crippen LogP) is 3.62. The summed E-state index contributed by atoms with van der Waals surface area (Å²) in [5.41, 5.74) is 3.49. The minimum Gasteiger partial charge on any atom is -0.478 e. The number of carboxylic acid groups (broad SMARTS) is 1. The number of anilines is 1. The molecule has 0 heterocycles. The molecule has 3 nitrogen and oxygen atoms in total. The van der Waals surface area contributed by atoms with Crippen LogP contribution in [0.25, 0.3) is 0 Å². The van der Waals surface area contributed by atoms with Crippen molar-refractivity contribution in [1.29, 1.82) is 0 Å². The summed E-state index contributed by atoms with van der Waals surface area (Å²) in [4.78, 5) is 11.2. The Morgan fingerprint density at radius 1 is 1.15 bits per heavy atom. The second-order valence-electron chi connectivity index (χ2n) is 5.01. The third kappa shape index (κ3) is 2.49. The Balaban J connectivity index is 1.83. The van der Waals surface area contributed by atoms with E-state index in [4.69, 9.17) is 11.6 Å². The molecule has 0 amide bonds. The maximum atomic E-state index is 11.2. The zero-order chi connectivity index (χ0) is 14.1. The number of fused-ring (bicyclic) bond motifs is 1. The highest BCUT2D eigenvalue weighted by Gasteiger charge is 2.22. The van der Waals surface area contributed by atoms with Gasteiger partial charge >= 0.3 is 5.97 Å². The van der Waals surface area contributed by atoms with Gasteiger partial charge in [0.15, 0.2) is 0 Å². The predicted molar refractivity (Wildman–Crippen MR) is 79.7 cm³/mol. The lowest BCUT2D eigenvalue weighted by Crippen LogP contribution is -2.21. The van der Waals surface area contributed by atoms with E-state index in [1.54, 1.807) is 12.1 Å². The summed E-state index contributed by atoms with van der Waals surface area (Å²) < 4.78 is 0. The molecule has 2 aromatic carbocycles. The van der Waals surface area contributed by atoms with E-state index in [1.165, 1.54) is 17.2 Å². The lowest BCUT2D eigenvalue weighted by molar-refractivity contribution is 0.0698. The second-order valence-corrected chi connectivity index (χ2v) is 5.45. The Morgan fingerprint density at radius 3 is 2.40 bits per heavy atom. The van der Waals surface area contributed by atoms with Crippen LogP contribution in [-0.4, -0.2) is 17.1 Å². The first-order chi connectivity index (χ1) is 9.63. The largest absolute Gasteiger partial charge is 0.478 e. The van der Waals surface area contributed by atoms with Crippen molar-refractivity contribution in [3.8, 4) is 0 Å². The van der Waals surface area contributed by atoms with Crippen LogP contribution in [0.1, 0.15) is 21.5 Å². The van der Waals surface area contributed by atoms with Crippen LogP contribution in [0.5, 0.6) is 0 Å². The average Bonchev–Trinajstić information content (AvgIpc) is 2.80. The van der Waals surface area contributed by atoms with Crippen LogP contribution in [0.2, 0.25) is 5.02 Å². The van der Waals surface area contributed by atoms with Gasteiger partial charge < -0.3 is 10.4 Å². The van der Waals surface area contributed by atoms with Gasteiger partial charge in [-0.3, -0.25) is 0 Å². The number of hydrogen-bond donors (Lipinski definition) is 2. The lowest BCUT2D eigenvalue weighted by atomic mass is 10.1. The highest BCUT2D eigenvalue weighted by Crippen LogP contribution is 2.27. The first kappa shape index (κ1) is 13.0. The zero-order valence-corrected chi connectivity index (χ0v) is 11.5. The number of aromatic carboxylic acids is 1. The molecular formula is C16H14ClNO2. The molecule has 0 saturated carbocycles. The molecule has 0 radical (unpaired) electrons. The Hall–Kier alpha value is -2.00. The van der Waals surface area contributed by atoms with E-state index in [2.05, 4.69) is 17.4 Å². The minimum atomic E-state index is -0.945. The average molecular weight is 288 g/mol. The smallest absolute Gasteiger partial charge is 0.337 e. The van der Waals surface area contributed by atoms with Crippen LogP contribution >= 0.6 is 11.6 Å². The lowest BCUT2D eigenvalue weighted by Gasteiger charge is -2.16. The van der Waals surface area contributed by atoms with Gasteiger partial charge in [0.05, 0.1) is 11.3 Å². The van der Waals surface area contributed by atoms with Crippen molar-refractivity contribution in [2.75, 3.05) is 5.32 Å². The summed E-state index contributed by atoms with van der Waals surface area (Å²) in [7, 11) is 0. The first-order valence-electron chi connectivity index (χ1n) is 6.49. The number of benzene rings is 2. The number of rotatable bonds is 3. The molecule has 2 aromatic rings. The molecule has 0 aliphatic heterocycles. The quantitative estimate of drug-likeness (QED) is 0.906. The van der Waals surface area contributed by atoms with Crippen LogP contribution in [0.15, 0.2) is 42.5 Å². The number of carbonyl (C=O) groups is 1. The minimum absolute atomic E-state index is 0.212. The van der Waals surface area contributed by atoms with Gasteiger partial charge in [-0.2, -0.15) is 0 Å². The zero-order valence-electron chi connectivity index (χ0n) is 10.8. The standard InChI is InChI=1S/C16H14ClNO2/c17-12-5-6-14(16(19)20)15(9-12)18-13-7-10-3-1-2-4-11(10)8-13/h1-6,9,13,18H,7-8H2,(H,19,20). The van der Waals surface area contributed by atoms with E-state index in [1.807, 2.05) is 12.1 Å². The molecule has 3 rings (SSSR count). The van der Waals surface area contributed by atoms with Gasteiger partial charge in [-0.05, 0) is 42.2 Å². The first-order valence-corrected chi connectivity index (χ1v) is 6.87. The maximum Gasteiger partial charge on any atom is 0.337 e. The molecule has 0 spiro atoms. The van der Waals surface area contributed by atoms with Crippen molar-refractivity contribution >= 4 is 23.3 Å². The van der Waals surface area contributed by atoms with Gasteiger partial charge in [-0.1, -0.05) is 35.9 Å². The van der Waals surface area contributed by atoms with Crippen LogP contribution in [0.4, 0.5) is 5.69 Å². The van der Waals surface area contributed by atoms with E-state index >= 15 is 0 Å². The summed E-state index contributed by atoms with van der Waals surface area (Å²) in [5, 5.41) is 13.1. The number of halogens is 1. The molecular weight excluding hydrogens is 274 g/mol. The fourth-order valence-electron chi connectivity index (χ4n) is 2.70. The fraction of sp³-hybridized carbons (Fsp3) is 0.188. The highest BCUT2D eigenvalue weighted by molar-refractivity contribution is 6.31. The molecule has 0 bridgehead atoms. The molecule has 4 heteroatoms. The maximum absolute atomic E-state index is 11.2. The summed E-state index contributed by atoms with van der Waals surface area (Å²) in [6, 6.07) is 13.3. The SMILES string of the molecule is O=C(O)c1ccc(Cl)cc1NC1Cc2ccccc2C1. The van der Waals surface area contributed by atoms with E-state index in [9.17, 15) is 9.90 Å². The van der Waals surface area contributed by atoms with Crippen molar-refractivity contribution in [2.45, 2.75) is 18.9 Å². The summed E-state index contributed by atoms with van der Waals surface area (Å²) in [5.74, 6) is -0.945. The van der Waals surface area contributed by atoms with Crippen LogP contribution in [0.3, 0.4) is 0 Å². The van der Waals surface area contributed by atoms with Crippen molar-refractivity contribution in [1.82, 2.24) is 0 Å². The Bertz CT molecular complexity index is 644. The van der Waals surface area contributed by atoms with Gasteiger partial charge in [0.25, 0.3) is 0 Å². The third-order valence-electron chi connectivity index (χ3n) is 3.62. The molecule has 0 fully saturated rings. The summed E-state index contributed by atoms with van der Waals surface area (Å²) >= 11 is 5.96. The Kier molecular flexibility index (Phi) is 3.36. The van der Waals surface area contributed by atoms with E-state index < -0.39 is 5.97 Å². The fourth-order valence-corrected chi connectivity index (χ4v) is 2.88.